The lowest BCUT2D eigenvalue weighted by atomic mass is 10.2. The number of nitrogens with one attached hydrogen (secondary N) is 1. The van der Waals surface area contributed by atoms with Gasteiger partial charge in [-0.3, -0.25) is 24.5 Å². The van der Waals surface area contributed by atoms with Crippen molar-refractivity contribution in [3.8, 4) is 5.75 Å². The number of aliphatic hydroxyl groups is 1. The minimum absolute atomic E-state index is 0.0227. The van der Waals surface area contributed by atoms with Crippen molar-refractivity contribution in [2.45, 2.75) is 24.9 Å². The van der Waals surface area contributed by atoms with Gasteiger partial charge in [0.25, 0.3) is 11.2 Å². The summed E-state index contributed by atoms with van der Waals surface area (Å²) >= 11 is 3.05. The van der Waals surface area contributed by atoms with E-state index in [4.69, 9.17) is 14.2 Å². The Labute approximate surface area is 182 Å². The number of nitro groups is 1. The molecule has 1 fully saturated rings. The zero-order chi connectivity index (χ0) is 22.5. The molecule has 0 unspecified atom stereocenters. The number of aromatic nitrogens is 2. The summed E-state index contributed by atoms with van der Waals surface area (Å²) in [6, 6.07) is 4.80. The van der Waals surface area contributed by atoms with E-state index in [1.165, 1.54) is 29.4 Å². The first-order chi connectivity index (χ1) is 14.8. The molecule has 1 saturated heterocycles. The van der Waals surface area contributed by atoms with Crippen LogP contribution in [0.1, 0.15) is 18.2 Å². The molecular formula is C18H16BrN3O9. The highest BCUT2D eigenvalue weighted by atomic mass is 79.9. The average Bonchev–Trinajstić information content (AvgIpc) is 3.09. The Kier molecular flexibility index (Phi) is 6.99. The largest absolute Gasteiger partial charge is 0.513 e. The van der Waals surface area contributed by atoms with Crippen LogP contribution in [0, 0.1) is 10.1 Å². The van der Waals surface area contributed by atoms with E-state index in [-0.39, 0.29) is 30.0 Å². The first-order valence-electron chi connectivity index (χ1n) is 8.83. The molecule has 13 heteroatoms. The van der Waals surface area contributed by atoms with Crippen molar-refractivity contribution in [3.05, 3.63) is 72.0 Å². The molecule has 2 aromatic rings. The fourth-order valence-electron chi connectivity index (χ4n) is 2.85. The second kappa shape index (κ2) is 9.68. The number of carbonyl (C=O) groups excluding carboxylic acids is 1. The lowest BCUT2D eigenvalue weighted by molar-refractivity contribution is -0.384. The number of aromatic amines is 1. The van der Waals surface area contributed by atoms with E-state index in [0.29, 0.717) is 0 Å². The number of hydrogen-bond acceptors (Lipinski definition) is 9. The third-order valence-corrected chi connectivity index (χ3v) is 4.63. The van der Waals surface area contributed by atoms with Gasteiger partial charge in [0, 0.05) is 24.8 Å². The van der Waals surface area contributed by atoms with Crippen LogP contribution in [0.4, 0.5) is 10.5 Å². The fourth-order valence-corrected chi connectivity index (χ4v) is 3.13. The van der Waals surface area contributed by atoms with Crippen LogP contribution in [0.25, 0.3) is 6.08 Å². The monoisotopic (exact) mass is 497 g/mol. The normalized spacial score (nSPS) is 20.6. The van der Waals surface area contributed by atoms with Crippen molar-refractivity contribution in [1.29, 1.82) is 0 Å². The molecule has 12 nitrogen and oxygen atoms in total. The van der Waals surface area contributed by atoms with Gasteiger partial charge in [-0.25, -0.2) is 9.59 Å². The molecule has 164 valence electrons. The minimum Gasteiger partial charge on any atom is -0.431 e. The topological polar surface area (TPSA) is 163 Å². The zero-order valence-electron chi connectivity index (χ0n) is 15.7. The molecule has 31 heavy (non-hydrogen) atoms. The molecule has 0 saturated carbocycles. The molecular weight excluding hydrogens is 482 g/mol. The van der Waals surface area contributed by atoms with E-state index in [9.17, 15) is 29.6 Å². The molecule has 2 N–H and O–H groups in total. The van der Waals surface area contributed by atoms with Crippen molar-refractivity contribution in [3.63, 3.8) is 0 Å². The number of non-ortho nitro benzene ring substituents is 1. The van der Waals surface area contributed by atoms with Crippen molar-refractivity contribution in [2.24, 2.45) is 0 Å². The molecule has 0 amide bonds. The predicted molar refractivity (Wildman–Crippen MR) is 109 cm³/mol. The van der Waals surface area contributed by atoms with E-state index in [1.54, 1.807) is 0 Å². The second-order valence-corrected chi connectivity index (χ2v) is 6.92. The molecule has 1 aromatic heterocycles. The minimum atomic E-state index is -1.10. The lowest BCUT2D eigenvalue weighted by Gasteiger charge is -2.16. The predicted octanol–water partition coefficient (Wildman–Crippen LogP) is 1.67. The quantitative estimate of drug-likeness (QED) is 0.261. The highest BCUT2D eigenvalue weighted by Crippen LogP contribution is 2.28. The molecule has 0 spiro atoms. The molecule has 3 atom stereocenters. The molecule has 0 bridgehead atoms. The standard InChI is InChI=1S/C18H16BrN3O9/c19-6-5-10-8-21(17(25)20-16(10)24)15-7-13(23)14(31-15)9-29-18(26)30-12-3-1-11(2-4-12)22(27)28/h1-6,8,13-15,23H,7,9H2,(H,20,24,25)/t13-,14+,15+/m0/s1. The van der Waals surface area contributed by atoms with Crippen LogP contribution in [0.5, 0.6) is 5.75 Å². The maximum atomic E-state index is 12.1. The molecule has 0 radical (unpaired) electrons. The fraction of sp³-hybridized carbons (Fsp3) is 0.278. The van der Waals surface area contributed by atoms with Crippen LogP contribution in [0.15, 0.2) is 45.0 Å². The van der Waals surface area contributed by atoms with Crippen molar-refractivity contribution >= 4 is 33.8 Å². The first kappa shape index (κ1) is 22.4. The Morgan fingerprint density at radius 3 is 2.74 bits per heavy atom. The summed E-state index contributed by atoms with van der Waals surface area (Å²) in [5.41, 5.74) is -1.26. The van der Waals surface area contributed by atoms with E-state index < -0.39 is 40.8 Å². The number of aliphatic hydroxyl groups excluding tert-OH is 1. The number of hydrogen-bond donors (Lipinski definition) is 2. The number of ether oxygens (including phenoxy) is 3. The third-order valence-electron chi connectivity index (χ3n) is 4.37. The smallest absolute Gasteiger partial charge is 0.431 e. The van der Waals surface area contributed by atoms with E-state index in [2.05, 4.69) is 20.9 Å². The van der Waals surface area contributed by atoms with Crippen molar-refractivity contribution in [1.82, 2.24) is 9.55 Å². The summed E-state index contributed by atoms with van der Waals surface area (Å²) in [6.45, 7) is -0.365. The van der Waals surface area contributed by atoms with Gasteiger partial charge in [0.15, 0.2) is 0 Å². The Morgan fingerprint density at radius 1 is 1.39 bits per heavy atom. The number of nitro benzene ring substituents is 1. The molecule has 1 aromatic carbocycles. The zero-order valence-corrected chi connectivity index (χ0v) is 17.3. The summed E-state index contributed by atoms with van der Waals surface area (Å²) in [5.74, 6) is 0.0357. The average molecular weight is 498 g/mol. The first-order valence-corrected chi connectivity index (χ1v) is 9.75. The van der Waals surface area contributed by atoms with Gasteiger partial charge in [-0.1, -0.05) is 15.9 Å². The van der Waals surface area contributed by atoms with Gasteiger partial charge < -0.3 is 19.3 Å². The number of carbonyl (C=O) groups is 1. The summed E-state index contributed by atoms with van der Waals surface area (Å²) in [7, 11) is 0. The van der Waals surface area contributed by atoms with E-state index in [0.717, 1.165) is 16.7 Å². The Balaban J connectivity index is 1.60. The van der Waals surface area contributed by atoms with Gasteiger partial charge in [0.05, 0.1) is 16.6 Å². The Bertz CT molecular complexity index is 1110. The molecule has 1 aliphatic heterocycles. The van der Waals surface area contributed by atoms with Gasteiger partial charge in [-0.05, 0) is 23.2 Å². The summed E-state index contributed by atoms with van der Waals surface area (Å²) in [6.07, 6.45) is -1.22. The van der Waals surface area contributed by atoms with Crippen molar-refractivity contribution in [2.75, 3.05) is 6.61 Å². The highest BCUT2D eigenvalue weighted by Gasteiger charge is 2.36. The Morgan fingerprint density at radius 2 is 2.10 bits per heavy atom. The third kappa shape index (κ3) is 5.45. The van der Waals surface area contributed by atoms with Gasteiger partial charge in [-0.2, -0.15) is 0 Å². The second-order valence-electron chi connectivity index (χ2n) is 6.39. The number of nitrogens with zero attached hydrogens (tertiary/aromatic N) is 2. The van der Waals surface area contributed by atoms with Crippen LogP contribution in [-0.4, -0.2) is 44.6 Å². The van der Waals surface area contributed by atoms with Crippen LogP contribution >= 0.6 is 15.9 Å². The molecule has 1 aliphatic rings. The van der Waals surface area contributed by atoms with Gasteiger partial charge in [0.2, 0.25) is 0 Å². The van der Waals surface area contributed by atoms with Crippen LogP contribution in [0.3, 0.4) is 0 Å². The highest BCUT2D eigenvalue weighted by molar-refractivity contribution is 9.11. The van der Waals surface area contributed by atoms with Gasteiger partial charge in [-0.15, -0.1) is 0 Å². The van der Waals surface area contributed by atoms with E-state index >= 15 is 0 Å². The molecule has 2 heterocycles. The number of rotatable bonds is 6. The van der Waals surface area contributed by atoms with Gasteiger partial charge >= 0.3 is 11.8 Å². The van der Waals surface area contributed by atoms with Gasteiger partial charge in [0.1, 0.15) is 24.7 Å². The number of H-pyrrole nitrogens is 1. The Hall–Kier alpha value is -3.29. The lowest BCUT2D eigenvalue weighted by Crippen LogP contribution is -2.33. The summed E-state index contributed by atoms with van der Waals surface area (Å²) in [4.78, 5) is 49.3. The maximum Gasteiger partial charge on any atom is 0.513 e. The number of benzene rings is 1. The number of halogens is 1. The van der Waals surface area contributed by atoms with E-state index in [1.807, 2.05) is 0 Å². The SMILES string of the molecule is O=C(OC[C@H]1O[C@@H](n2cc(C=CBr)c(=O)[nH]c2=O)C[C@@H]1O)Oc1ccc([N+](=O)[O-])cc1. The molecule has 0 aliphatic carbocycles. The maximum absolute atomic E-state index is 12.1. The summed E-state index contributed by atoms with van der Waals surface area (Å²) in [5, 5.41) is 20.8. The van der Waals surface area contributed by atoms with Crippen molar-refractivity contribution < 1.29 is 29.0 Å². The van der Waals surface area contributed by atoms with Crippen LogP contribution in [-0.2, 0) is 9.47 Å². The van der Waals surface area contributed by atoms with Crippen LogP contribution < -0.4 is 16.0 Å². The van der Waals surface area contributed by atoms with Crippen LogP contribution in [0.2, 0.25) is 0 Å². The summed E-state index contributed by atoms with van der Waals surface area (Å²) < 4.78 is 16.6. The molecule has 3 rings (SSSR count).